The zero-order chi connectivity index (χ0) is 10.7. The Labute approximate surface area is 90.8 Å². The predicted octanol–water partition coefficient (Wildman–Crippen LogP) is 1.81. The number of rotatable bonds is 2. The second-order valence-corrected chi connectivity index (χ2v) is 3.80. The summed E-state index contributed by atoms with van der Waals surface area (Å²) in [5, 5.41) is 8.00. The molecule has 1 aliphatic rings. The van der Waals surface area contributed by atoms with Gasteiger partial charge in [0.05, 0.1) is 6.54 Å². The maximum absolute atomic E-state index is 8.00. The molecule has 1 aliphatic heterocycles. The second-order valence-electron chi connectivity index (χ2n) is 3.80. The molecule has 0 atom stereocenters. The Morgan fingerprint density at radius 3 is 2.53 bits per heavy atom. The van der Waals surface area contributed by atoms with E-state index in [2.05, 4.69) is 28.9 Å². The van der Waals surface area contributed by atoms with Gasteiger partial charge in [-0.2, -0.15) is 0 Å². The minimum Gasteiger partial charge on any atom is -0.328 e. The van der Waals surface area contributed by atoms with Gasteiger partial charge in [0.15, 0.2) is 0 Å². The highest BCUT2D eigenvalue weighted by Crippen LogP contribution is 2.16. The van der Waals surface area contributed by atoms with Crippen LogP contribution in [0.3, 0.4) is 0 Å². The third-order valence-electron chi connectivity index (χ3n) is 2.85. The average Bonchev–Trinajstić information content (AvgIpc) is 2.30. The van der Waals surface area contributed by atoms with Crippen LogP contribution in [-0.4, -0.2) is 36.9 Å². The summed E-state index contributed by atoms with van der Waals surface area (Å²) in [7, 11) is 0. The monoisotopic (exact) mass is 203 g/mol. The van der Waals surface area contributed by atoms with Crippen LogP contribution < -0.4 is 4.90 Å². The van der Waals surface area contributed by atoms with E-state index in [-0.39, 0.29) is 0 Å². The Bertz CT molecular complexity index is 334. The number of nitrogens with one attached hydrogen (secondary N) is 1. The first-order chi connectivity index (χ1) is 7.31. The van der Waals surface area contributed by atoms with E-state index in [1.165, 1.54) is 0 Å². The number of para-hydroxylation sites is 1. The molecule has 1 saturated heterocycles. The van der Waals surface area contributed by atoms with E-state index in [9.17, 15) is 0 Å². The molecule has 0 radical (unpaired) electrons. The summed E-state index contributed by atoms with van der Waals surface area (Å²) >= 11 is 0. The van der Waals surface area contributed by atoms with Crippen LogP contribution in [-0.2, 0) is 0 Å². The molecule has 0 unspecified atom stereocenters. The summed E-state index contributed by atoms with van der Waals surface area (Å²) < 4.78 is 0. The van der Waals surface area contributed by atoms with E-state index in [0.29, 0.717) is 5.84 Å². The quantitative estimate of drug-likeness (QED) is 0.794. The van der Waals surface area contributed by atoms with Crippen LogP contribution in [0.15, 0.2) is 30.3 Å². The van der Waals surface area contributed by atoms with E-state index in [0.717, 1.165) is 31.9 Å². The Kier molecular flexibility index (Phi) is 3.02. The molecule has 0 aromatic heterocycles. The molecule has 80 valence electrons. The average molecular weight is 203 g/mol. The summed E-state index contributed by atoms with van der Waals surface area (Å²) in [6.45, 7) is 5.92. The Hall–Kier alpha value is -1.35. The van der Waals surface area contributed by atoms with Crippen LogP contribution in [0.1, 0.15) is 6.92 Å². The number of anilines is 1. The molecule has 1 fully saturated rings. The molecule has 0 spiro atoms. The summed E-state index contributed by atoms with van der Waals surface area (Å²) in [6.07, 6.45) is 0. The molecular weight excluding hydrogens is 186 g/mol. The number of hydrogen-bond donors (Lipinski definition) is 1. The van der Waals surface area contributed by atoms with Gasteiger partial charge < -0.3 is 4.90 Å². The maximum Gasteiger partial charge on any atom is 0.115 e. The number of amidine groups is 1. The van der Waals surface area contributed by atoms with E-state index in [1.54, 1.807) is 0 Å². The highest BCUT2D eigenvalue weighted by molar-refractivity contribution is 5.97. The summed E-state index contributed by atoms with van der Waals surface area (Å²) in [6, 6.07) is 10.2. The third-order valence-corrected chi connectivity index (χ3v) is 2.85. The molecule has 0 amide bonds. The summed E-state index contributed by atoms with van der Waals surface area (Å²) in [5.74, 6) is 0.703. The highest BCUT2D eigenvalue weighted by atomic mass is 15.3. The van der Waals surface area contributed by atoms with Gasteiger partial charge >= 0.3 is 0 Å². The van der Waals surface area contributed by atoms with Gasteiger partial charge in [0.2, 0.25) is 0 Å². The van der Waals surface area contributed by atoms with Crippen LogP contribution in [0.25, 0.3) is 0 Å². The third kappa shape index (κ3) is 2.18. The van der Waals surface area contributed by atoms with Crippen molar-refractivity contribution in [1.29, 1.82) is 5.41 Å². The van der Waals surface area contributed by atoms with Crippen LogP contribution in [0.5, 0.6) is 0 Å². The predicted molar refractivity (Wildman–Crippen MR) is 63.6 cm³/mol. The fourth-order valence-corrected chi connectivity index (χ4v) is 1.92. The number of piperazine rings is 1. The molecule has 3 heteroatoms. The van der Waals surface area contributed by atoms with Gasteiger partial charge in [-0.3, -0.25) is 10.3 Å². The van der Waals surface area contributed by atoms with Crippen molar-refractivity contribution in [3.05, 3.63) is 30.3 Å². The summed E-state index contributed by atoms with van der Waals surface area (Å²) in [4.78, 5) is 4.38. The smallest absolute Gasteiger partial charge is 0.115 e. The molecule has 1 aromatic carbocycles. The fourth-order valence-electron chi connectivity index (χ4n) is 1.92. The first-order valence-electron chi connectivity index (χ1n) is 5.43. The van der Waals surface area contributed by atoms with Crippen molar-refractivity contribution in [2.45, 2.75) is 6.92 Å². The Morgan fingerprint density at radius 1 is 1.20 bits per heavy atom. The minimum absolute atomic E-state index is 0.703. The van der Waals surface area contributed by atoms with Crippen LogP contribution in [0.4, 0.5) is 5.69 Å². The van der Waals surface area contributed by atoms with Gasteiger partial charge in [0.25, 0.3) is 0 Å². The Morgan fingerprint density at radius 2 is 1.93 bits per heavy atom. The number of hydrogen-bond acceptors (Lipinski definition) is 2. The Balaban J connectivity index is 2.10. The largest absolute Gasteiger partial charge is 0.328 e. The lowest BCUT2D eigenvalue weighted by Crippen LogP contribution is -2.49. The molecule has 0 aliphatic carbocycles. The maximum atomic E-state index is 8.00. The zero-order valence-electron chi connectivity index (χ0n) is 9.11. The molecule has 15 heavy (non-hydrogen) atoms. The van der Waals surface area contributed by atoms with Gasteiger partial charge in [-0.25, -0.2) is 0 Å². The fraction of sp³-hybridized carbons (Fsp3) is 0.417. The highest BCUT2D eigenvalue weighted by Gasteiger charge is 2.20. The van der Waals surface area contributed by atoms with Crippen molar-refractivity contribution in [3.8, 4) is 0 Å². The molecule has 0 saturated carbocycles. The van der Waals surface area contributed by atoms with Crippen molar-refractivity contribution in [1.82, 2.24) is 4.90 Å². The molecule has 0 bridgehead atoms. The molecule has 1 heterocycles. The van der Waals surface area contributed by atoms with E-state index >= 15 is 0 Å². The first kappa shape index (κ1) is 10.2. The molecule has 1 N–H and O–H groups in total. The molecule has 2 rings (SSSR count). The van der Waals surface area contributed by atoms with Crippen LogP contribution in [0, 0.1) is 5.41 Å². The van der Waals surface area contributed by atoms with E-state index < -0.39 is 0 Å². The van der Waals surface area contributed by atoms with Crippen LogP contribution in [0.2, 0.25) is 0 Å². The lowest BCUT2D eigenvalue weighted by Gasteiger charge is -2.35. The summed E-state index contributed by atoms with van der Waals surface area (Å²) in [5.41, 5.74) is 1.14. The molecular formula is C12H17N3. The standard InChI is InChI=1S/C12H17N3/c1-2-14-8-9-15(12(13)10-14)11-6-4-3-5-7-11/h3-7,13H,2,8-10H2,1H3. The topological polar surface area (TPSA) is 30.3 Å². The lowest BCUT2D eigenvalue weighted by molar-refractivity contribution is 0.320. The van der Waals surface area contributed by atoms with Crippen molar-refractivity contribution in [2.24, 2.45) is 0 Å². The lowest BCUT2D eigenvalue weighted by atomic mass is 10.2. The van der Waals surface area contributed by atoms with Gasteiger partial charge in [-0.15, -0.1) is 0 Å². The number of likely N-dealkylation sites (N-methyl/N-ethyl adjacent to an activating group) is 1. The number of benzene rings is 1. The SMILES string of the molecule is CCN1CCN(c2ccccc2)C(=N)C1. The van der Waals surface area contributed by atoms with Crippen molar-refractivity contribution in [3.63, 3.8) is 0 Å². The molecule has 1 aromatic rings. The van der Waals surface area contributed by atoms with Crippen molar-refractivity contribution >= 4 is 11.5 Å². The van der Waals surface area contributed by atoms with Crippen molar-refractivity contribution < 1.29 is 0 Å². The van der Waals surface area contributed by atoms with Gasteiger partial charge in [-0.05, 0) is 18.7 Å². The van der Waals surface area contributed by atoms with E-state index in [1.807, 2.05) is 18.2 Å². The molecule has 3 nitrogen and oxygen atoms in total. The second kappa shape index (κ2) is 4.45. The first-order valence-corrected chi connectivity index (χ1v) is 5.43. The van der Waals surface area contributed by atoms with Crippen molar-refractivity contribution in [2.75, 3.05) is 31.1 Å². The van der Waals surface area contributed by atoms with Crippen LogP contribution >= 0.6 is 0 Å². The minimum atomic E-state index is 0.703. The van der Waals surface area contributed by atoms with Gasteiger partial charge in [0.1, 0.15) is 5.84 Å². The zero-order valence-corrected chi connectivity index (χ0v) is 9.11. The van der Waals surface area contributed by atoms with E-state index in [4.69, 9.17) is 5.41 Å². The van der Waals surface area contributed by atoms with Gasteiger partial charge in [-0.1, -0.05) is 25.1 Å². The van der Waals surface area contributed by atoms with Gasteiger partial charge in [0, 0.05) is 18.8 Å². The normalized spacial score (nSPS) is 18.2. The number of nitrogens with zero attached hydrogens (tertiary/aromatic N) is 2.